The van der Waals surface area contributed by atoms with Crippen LogP contribution in [-0.2, 0) is 25.5 Å². The zero-order chi connectivity index (χ0) is 30.7. The van der Waals surface area contributed by atoms with Crippen molar-refractivity contribution in [3.63, 3.8) is 0 Å². The molecule has 0 aliphatic rings. The van der Waals surface area contributed by atoms with Gasteiger partial charge in [0.15, 0.2) is 0 Å². The van der Waals surface area contributed by atoms with Crippen molar-refractivity contribution in [3.8, 4) is 0 Å². The molecule has 2 rings (SSSR count). The maximum absolute atomic E-state index is 12.0. The SMILES string of the molecule is CC.CC(C)(C)OC(=O)c1cncc(Cc2ccc(C=O)cc2)c1.CCCCC.CONCC(=O)OC.CS. The lowest BCUT2D eigenvalue weighted by Crippen LogP contribution is -2.24. The van der Waals surface area contributed by atoms with E-state index in [2.05, 4.69) is 46.5 Å². The predicted octanol–water partition coefficient (Wildman–Crippen LogP) is 6.52. The third-order valence-electron chi connectivity index (χ3n) is 4.25. The standard InChI is InChI=1S/C18H19NO3.C5H12.C4H9NO3.C2H6.CH4S/c1-18(2,3)22-17(21)16-9-15(10-19-11-16)8-13-4-6-14(12-20)7-5-13;1-3-5-4-2;1-7-4(6)3-5-8-2;2*1-2/h4-7,9-12H,8H2,1-3H3;3-5H2,1-2H3;5H,3H2,1-2H3;1-2H3;2H,1H3. The summed E-state index contributed by atoms with van der Waals surface area (Å²) < 4.78 is 9.61. The van der Waals surface area contributed by atoms with Gasteiger partial charge in [0, 0.05) is 18.0 Å². The first kappa shape index (κ1) is 40.7. The second-order valence-corrected chi connectivity index (χ2v) is 8.57. The number of nitrogens with one attached hydrogen (secondary N) is 1. The van der Waals surface area contributed by atoms with E-state index < -0.39 is 5.60 Å². The molecule has 1 heterocycles. The van der Waals surface area contributed by atoms with Gasteiger partial charge in [-0.25, -0.2) is 4.79 Å². The van der Waals surface area contributed by atoms with E-state index in [1.54, 1.807) is 30.7 Å². The van der Waals surface area contributed by atoms with Gasteiger partial charge in [0.25, 0.3) is 0 Å². The fourth-order valence-corrected chi connectivity index (χ4v) is 2.54. The highest BCUT2D eigenvalue weighted by Gasteiger charge is 2.18. The van der Waals surface area contributed by atoms with Crippen LogP contribution < -0.4 is 5.48 Å². The summed E-state index contributed by atoms with van der Waals surface area (Å²) in [5.41, 5.74) is 4.85. The molecule has 0 saturated heterocycles. The van der Waals surface area contributed by atoms with Gasteiger partial charge in [-0.1, -0.05) is 71.2 Å². The highest BCUT2D eigenvalue weighted by atomic mass is 32.1. The Morgan fingerprint density at radius 3 is 1.95 bits per heavy atom. The van der Waals surface area contributed by atoms with Gasteiger partial charge in [-0.2, -0.15) is 18.1 Å². The quantitative estimate of drug-likeness (QED) is 0.153. The summed E-state index contributed by atoms with van der Waals surface area (Å²) in [5.74, 6) is -0.718. The van der Waals surface area contributed by atoms with E-state index in [4.69, 9.17) is 4.74 Å². The van der Waals surface area contributed by atoms with Crippen molar-refractivity contribution < 1.29 is 28.7 Å². The lowest BCUT2D eigenvalue weighted by atomic mass is 10.0. The van der Waals surface area contributed by atoms with E-state index in [0.29, 0.717) is 17.5 Å². The number of carbonyl (C=O) groups is 3. The van der Waals surface area contributed by atoms with Gasteiger partial charge >= 0.3 is 11.9 Å². The molecule has 0 radical (unpaired) electrons. The maximum Gasteiger partial charge on any atom is 0.340 e. The average molecular weight is 567 g/mol. The minimum Gasteiger partial charge on any atom is -0.468 e. The number of hydroxylamine groups is 1. The van der Waals surface area contributed by atoms with E-state index >= 15 is 0 Å². The molecule has 39 heavy (non-hydrogen) atoms. The first-order valence-electron chi connectivity index (χ1n) is 13.1. The van der Waals surface area contributed by atoms with Crippen LogP contribution in [0.25, 0.3) is 0 Å². The van der Waals surface area contributed by atoms with Crippen molar-refractivity contribution >= 4 is 30.9 Å². The summed E-state index contributed by atoms with van der Waals surface area (Å²) in [4.78, 5) is 41.4. The molecule has 0 bridgehead atoms. The number of rotatable bonds is 9. The van der Waals surface area contributed by atoms with Crippen molar-refractivity contribution in [2.45, 2.75) is 79.8 Å². The number of esters is 2. The molecule has 8 nitrogen and oxygen atoms in total. The zero-order valence-corrected chi connectivity index (χ0v) is 26.4. The Hall–Kier alpha value is -2.75. The molecule has 2 aromatic rings. The molecule has 0 fully saturated rings. The number of benzene rings is 1. The van der Waals surface area contributed by atoms with Crippen molar-refractivity contribution in [3.05, 3.63) is 65.0 Å². The molecule has 0 spiro atoms. The number of hydrogen-bond acceptors (Lipinski definition) is 9. The largest absolute Gasteiger partial charge is 0.468 e. The molecular weight excluding hydrogens is 516 g/mol. The van der Waals surface area contributed by atoms with Gasteiger partial charge < -0.3 is 14.3 Å². The van der Waals surface area contributed by atoms with E-state index in [1.165, 1.54) is 39.7 Å². The molecule has 0 aliphatic heterocycles. The smallest absolute Gasteiger partial charge is 0.340 e. The molecule has 1 aromatic carbocycles. The minimum atomic E-state index is -0.530. The number of ether oxygens (including phenoxy) is 2. The van der Waals surface area contributed by atoms with E-state index in [9.17, 15) is 14.4 Å². The second kappa shape index (κ2) is 26.8. The fraction of sp³-hybridized carbons (Fsp3) is 0.533. The Labute approximate surface area is 241 Å². The minimum absolute atomic E-state index is 0.0903. The number of aromatic nitrogens is 1. The van der Waals surface area contributed by atoms with Crippen LogP contribution in [0.4, 0.5) is 0 Å². The van der Waals surface area contributed by atoms with Gasteiger partial charge in [0.2, 0.25) is 0 Å². The molecule has 1 N–H and O–H groups in total. The fourth-order valence-electron chi connectivity index (χ4n) is 2.54. The molecule has 0 atom stereocenters. The van der Waals surface area contributed by atoms with Crippen LogP contribution in [0.3, 0.4) is 0 Å². The third kappa shape index (κ3) is 24.1. The lowest BCUT2D eigenvalue weighted by Gasteiger charge is -2.19. The topological polar surface area (TPSA) is 104 Å². The van der Waals surface area contributed by atoms with E-state index in [0.717, 1.165) is 17.4 Å². The van der Waals surface area contributed by atoms with E-state index in [-0.39, 0.29) is 18.5 Å². The summed E-state index contributed by atoms with van der Waals surface area (Å²) in [7, 11) is 2.75. The van der Waals surface area contributed by atoms with Crippen molar-refractivity contribution in [1.29, 1.82) is 0 Å². The van der Waals surface area contributed by atoms with E-state index in [1.807, 2.05) is 46.8 Å². The number of hydrogen-bond donors (Lipinski definition) is 2. The third-order valence-corrected chi connectivity index (χ3v) is 4.25. The van der Waals surface area contributed by atoms with Crippen molar-refractivity contribution in [2.75, 3.05) is 27.0 Å². The number of nitrogens with zero attached hydrogens (tertiary/aromatic N) is 1. The molecule has 0 amide bonds. The van der Waals surface area contributed by atoms with Crippen LogP contribution in [0, 0.1) is 0 Å². The highest BCUT2D eigenvalue weighted by Crippen LogP contribution is 2.15. The number of methoxy groups -OCH3 is 1. The summed E-state index contributed by atoms with van der Waals surface area (Å²) in [5, 5.41) is 0. The molecular formula is C30H50N2O6S. The van der Waals surface area contributed by atoms with Gasteiger partial charge in [-0.05, 0) is 50.6 Å². The summed E-state index contributed by atoms with van der Waals surface area (Å²) >= 11 is 3.53. The Morgan fingerprint density at radius 2 is 1.54 bits per heavy atom. The Morgan fingerprint density at radius 1 is 0.974 bits per heavy atom. The first-order valence-corrected chi connectivity index (χ1v) is 14.0. The normalized spacial score (nSPS) is 9.41. The summed E-state index contributed by atoms with van der Waals surface area (Å²) in [6, 6.07) is 9.11. The van der Waals surface area contributed by atoms with Crippen LogP contribution in [0.2, 0.25) is 0 Å². The molecule has 1 aromatic heterocycles. The van der Waals surface area contributed by atoms with Gasteiger partial charge in [0.05, 0.1) is 19.8 Å². The molecule has 9 heteroatoms. The Balaban J connectivity index is -0.000000630. The number of thiol groups is 1. The van der Waals surface area contributed by atoms with Gasteiger partial charge in [0.1, 0.15) is 18.4 Å². The number of carbonyl (C=O) groups excluding carboxylic acids is 3. The predicted molar refractivity (Wildman–Crippen MR) is 163 cm³/mol. The Kier molecular flexibility index (Phi) is 28.0. The van der Waals surface area contributed by atoms with Crippen LogP contribution in [-0.4, -0.2) is 55.8 Å². The lowest BCUT2D eigenvalue weighted by molar-refractivity contribution is -0.141. The maximum atomic E-state index is 12.0. The van der Waals surface area contributed by atoms with Crippen LogP contribution in [0.15, 0.2) is 42.7 Å². The highest BCUT2D eigenvalue weighted by molar-refractivity contribution is 7.79. The van der Waals surface area contributed by atoms with Crippen LogP contribution in [0.5, 0.6) is 0 Å². The van der Waals surface area contributed by atoms with Gasteiger partial charge in [-0.3, -0.25) is 14.6 Å². The number of pyridine rings is 1. The second-order valence-electron chi connectivity index (χ2n) is 8.57. The van der Waals surface area contributed by atoms with Crippen molar-refractivity contribution in [2.24, 2.45) is 0 Å². The molecule has 0 unspecified atom stereocenters. The molecule has 0 saturated carbocycles. The Bertz CT molecular complexity index is 882. The average Bonchev–Trinajstić information content (AvgIpc) is 2.94. The number of aldehydes is 1. The van der Waals surface area contributed by atoms with Gasteiger partial charge in [-0.15, -0.1) is 0 Å². The van der Waals surface area contributed by atoms with Crippen LogP contribution >= 0.6 is 12.6 Å². The summed E-state index contributed by atoms with van der Waals surface area (Å²) in [6.07, 6.45) is 10.5. The van der Waals surface area contributed by atoms with Crippen molar-refractivity contribution in [1.82, 2.24) is 10.5 Å². The first-order chi connectivity index (χ1) is 18.6. The monoisotopic (exact) mass is 566 g/mol. The summed E-state index contributed by atoms with van der Waals surface area (Å²) in [6.45, 7) is 14.0. The zero-order valence-electron chi connectivity index (χ0n) is 25.5. The molecule has 0 aliphatic carbocycles. The van der Waals surface area contributed by atoms with Crippen LogP contribution in [0.1, 0.15) is 99.6 Å². The molecule has 222 valence electrons. The number of unbranched alkanes of at least 4 members (excludes halogenated alkanes) is 2.